The van der Waals surface area contributed by atoms with Gasteiger partial charge in [-0.25, -0.2) is 0 Å². The first-order chi connectivity index (χ1) is 7.15. The van der Waals surface area contributed by atoms with Gasteiger partial charge in [-0.3, -0.25) is 0 Å². The van der Waals surface area contributed by atoms with Gasteiger partial charge in [-0.05, 0) is 7.05 Å². The predicted octanol–water partition coefficient (Wildman–Crippen LogP) is 1.76. The highest BCUT2D eigenvalue weighted by Crippen LogP contribution is 2.22. The van der Waals surface area contributed by atoms with E-state index in [1.165, 1.54) is 0 Å². The molecule has 1 saturated heterocycles. The second kappa shape index (κ2) is 4.51. The summed E-state index contributed by atoms with van der Waals surface area (Å²) >= 11 is 11.6. The molecule has 4 nitrogen and oxygen atoms in total. The molecule has 82 valence electrons. The van der Waals surface area contributed by atoms with Gasteiger partial charge in [0.25, 0.3) is 0 Å². The lowest BCUT2D eigenvalue weighted by molar-refractivity contribution is 0.144. The summed E-state index contributed by atoms with van der Waals surface area (Å²) in [6.45, 7) is 3.14. The van der Waals surface area contributed by atoms with Crippen molar-refractivity contribution in [3.05, 3.63) is 16.4 Å². The van der Waals surface area contributed by atoms with E-state index < -0.39 is 0 Å². The van der Waals surface area contributed by atoms with Crippen LogP contribution in [0.1, 0.15) is 0 Å². The minimum absolute atomic E-state index is 0.354. The van der Waals surface area contributed by atoms with Gasteiger partial charge in [0, 0.05) is 31.6 Å². The van der Waals surface area contributed by atoms with Crippen molar-refractivity contribution in [1.82, 2.24) is 15.1 Å². The van der Waals surface area contributed by atoms with Gasteiger partial charge in [-0.1, -0.05) is 23.2 Å². The van der Waals surface area contributed by atoms with E-state index in [0.717, 1.165) is 25.3 Å². The molecule has 2 rings (SSSR count). The van der Waals surface area contributed by atoms with Gasteiger partial charge in [0.15, 0.2) is 10.3 Å². The summed E-state index contributed by atoms with van der Waals surface area (Å²) in [4.78, 5) is 2.27. The fourth-order valence-electron chi connectivity index (χ4n) is 1.69. The number of hydrogen-bond donors (Lipinski definition) is 1. The Labute approximate surface area is 98.6 Å². The molecule has 0 aliphatic carbocycles. The molecule has 1 N–H and O–H groups in total. The number of rotatable bonds is 3. The maximum absolute atomic E-state index is 5.86. The molecular weight excluding hydrogens is 235 g/mol. The molecule has 1 aromatic rings. The van der Waals surface area contributed by atoms with Crippen molar-refractivity contribution in [2.45, 2.75) is 0 Å². The first-order valence-corrected chi connectivity index (χ1v) is 5.52. The van der Waals surface area contributed by atoms with Gasteiger partial charge in [0.1, 0.15) is 0 Å². The zero-order valence-corrected chi connectivity index (χ0v) is 9.89. The smallest absolute Gasteiger partial charge is 0.174 e. The van der Waals surface area contributed by atoms with Crippen LogP contribution in [-0.4, -0.2) is 41.8 Å². The van der Waals surface area contributed by atoms with Crippen LogP contribution in [0.4, 0.5) is 5.69 Å². The number of nitrogens with zero attached hydrogens (tertiary/aromatic N) is 3. The van der Waals surface area contributed by atoms with E-state index in [2.05, 4.69) is 27.5 Å². The van der Waals surface area contributed by atoms with E-state index >= 15 is 0 Å². The first kappa shape index (κ1) is 10.9. The Bertz CT molecular complexity index is 352. The van der Waals surface area contributed by atoms with Crippen LogP contribution in [0.15, 0.2) is 6.07 Å². The monoisotopic (exact) mass is 246 g/mol. The molecule has 15 heavy (non-hydrogen) atoms. The van der Waals surface area contributed by atoms with E-state index in [9.17, 15) is 0 Å². The molecule has 0 bridgehead atoms. The SMILES string of the molecule is CN1CC(CNc2cc(Cl)nnc2Cl)C1. The number of hydrogen-bond acceptors (Lipinski definition) is 4. The quantitative estimate of drug-likeness (QED) is 0.883. The van der Waals surface area contributed by atoms with Gasteiger partial charge >= 0.3 is 0 Å². The summed E-state index contributed by atoms with van der Waals surface area (Å²) in [6.07, 6.45) is 0. The molecule has 1 fully saturated rings. The number of halogens is 2. The number of aromatic nitrogens is 2. The van der Waals surface area contributed by atoms with Gasteiger partial charge in [0.05, 0.1) is 5.69 Å². The molecule has 1 aliphatic heterocycles. The van der Waals surface area contributed by atoms with Crippen molar-refractivity contribution in [1.29, 1.82) is 0 Å². The average Bonchev–Trinajstić information content (AvgIpc) is 2.16. The summed E-state index contributed by atoms with van der Waals surface area (Å²) in [5, 5.41) is 11.3. The molecule has 0 radical (unpaired) electrons. The Morgan fingerprint density at radius 2 is 2.20 bits per heavy atom. The molecule has 0 aromatic carbocycles. The topological polar surface area (TPSA) is 41.0 Å². The minimum atomic E-state index is 0.354. The first-order valence-electron chi connectivity index (χ1n) is 4.76. The third kappa shape index (κ3) is 2.71. The van der Waals surface area contributed by atoms with Crippen LogP contribution in [0.5, 0.6) is 0 Å². The molecular formula is C9H12Cl2N4. The predicted molar refractivity (Wildman–Crippen MR) is 61.5 cm³/mol. The van der Waals surface area contributed by atoms with Crippen molar-refractivity contribution in [2.24, 2.45) is 5.92 Å². The molecule has 0 unspecified atom stereocenters. The summed E-state index contributed by atoms with van der Waals surface area (Å²) in [5.74, 6) is 0.679. The number of likely N-dealkylation sites (tertiary alicyclic amines) is 1. The number of anilines is 1. The van der Waals surface area contributed by atoms with Crippen LogP contribution in [0.3, 0.4) is 0 Å². The van der Waals surface area contributed by atoms with Crippen molar-refractivity contribution >= 4 is 28.9 Å². The maximum Gasteiger partial charge on any atom is 0.174 e. The lowest BCUT2D eigenvalue weighted by Crippen LogP contribution is -2.46. The Balaban J connectivity index is 1.90. The summed E-state index contributed by atoms with van der Waals surface area (Å²) in [5.41, 5.74) is 0.756. The third-order valence-corrected chi connectivity index (χ3v) is 2.90. The summed E-state index contributed by atoms with van der Waals surface area (Å²) in [7, 11) is 2.11. The van der Waals surface area contributed by atoms with E-state index in [1.807, 2.05) is 0 Å². The van der Waals surface area contributed by atoms with Gasteiger partial charge in [0.2, 0.25) is 0 Å². The number of nitrogens with one attached hydrogen (secondary N) is 1. The lowest BCUT2D eigenvalue weighted by atomic mass is 10.0. The van der Waals surface area contributed by atoms with E-state index in [0.29, 0.717) is 16.2 Å². The Hall–Kier alpha value is -0.580. The van der Waals surface area contributed by atoms with Crippen molar-refractivity contribution in [3.8, 4) is 0 Å². The zero-order valence-electron chi connectivity index (χ0n) is 8.37. The average molecular weight is 247 g/mol. The molecule has 0 spiro atoms. The normalized spacial score (nSPS) is 17.5. The molecule has 1 aliphatic rings. The Morgan fingerprint density at radius 3 is 2.87 bits per heavy atom. The fraction of sp³-hybridized carbons (Fsp3) is 0.556. The largest absolute Gasteiger partial charge is 0.382 e. The second-order valence-corrected chi connectivity index (χ2v) is 4.58. The van der Waals surface area contributed by atoms with Crippen LogP contribution >= 0.6 is 23.2 Å². The van der Waals surface area contributed by atoms with Crippen LogP contribution in [0.2, 0.25) is 10.3 Å². The Kier molecular flexibility index (Phi) is 3.29. The van der Waals surface area contributed by atoms with E-state index in [4.69, 9.17) is 23.2 Å². The zero-order chi connectivity index (χ0) is 10.8. The van der Waals surface area contributed by atoms with Gasteiger partial charge in [-0.2, -0.15) is 0 Å². The van der Waals surface area contributed by atoms with Crippen LogP contribution in [0.25, 0.3) is 0 Å². The molecule has 6 heteroatoms. The standard InChI is InChI=1S/C9H12Cl2N4/c1-15-4-6(5-15)3-12-7-2-8(10)13-14-9(7)11/h2,6H,3-5H2,1H3,(H,12,13). The molecule has 1 aromatic heterocycles. The van der Waals surface area contributed by atoms with Crippen LogP contribution in [-0.2, 0) is 0 Å². The molecule has 2 heterocycles. The van der Waals surface area contributed by atoms with Crippen molar-refractivity contribution in [3.63, 3.8) is 0 Å². The summed E-state index contributed by atoms with van der Waals surface area (Å²) < 4.78 is 0. The second-order valence-electron chi connectivity index (χ2n) is 3.84. The van der Waals surface area contributed by atoms with Crippen molar-refractivity contribution in [2.75, 3.05) is 32.0 Å². The highest BCUT2D eigenvalue weighted by molar-refractivity contribution is 6.33. The van der Waals surface area contributed by atoms with E-state index in [-0.39, 0.29) is 0 Å². The molecule has 0 amide bonds. The summed E-state index contributed by atoms with van der Waals surface area (Å²) in [6, 6.07) is 1.69. The molecule has 0 saturated carbocycles. The molecule has 0 atom stereocenters. The minimum Gasteiger partial charge on any atom is -0.382 e. The lowest BCUT2D eigenvalue weighted by Gasteiger charge is -2.36. The van der Waals surface area contributed by atoms with Crippen LogP contribution < -0.4 is 5.32 Å². The van der Waals surface area contributed by atoms with E-state index in [1.54, 1.807) is 6.07 Å². The maximum atomic E-state index is 5.86. The highest BCUT2D eigenvalue weighted by Gasteiger charge is 2.22. The van der Waals surface area contributed by atoms with Crippen molar-refractivity contribution < 1.29 is 0 Å². The third-order valence-electron chi connectivity index (χ3n) is 2.44. The fourth-order valence-corrected chi connectivity index (χ4v) is 1.99. The Morgan fingerprint density at radius 1 is 1.47 bits per heavy atom. The van der Waals surface area contributed by atoms with Gasteiger partial charge in [-0.15, -0.1) is 10.2 Å². The van der Waals surface area contributed by atoms with Gasteiger partial charge < -0.3 is 10.2 Å². The highest BCUT2D eigenvalue weighted by atomic mass is 35.5. The van der Waals surface area contributed by atoms with Crippen LogP contribution in [0, 0.1) is 5.92 Å².